The molecule has 0 spiro atoms. The molecule has 0 aliphatic carbocycles. The minimum Gasteiger partial charge on any atom is -0.377 e. The minimum atomic E-state index is 0.472. The average molecular weight is 256 g/mol. The van der Waals surface area contributed by atoms with Gasteiger partial charge in [0.2, 0.25) is 0 Å². The summed E-state index contributed by atoms with van der Waals surface area (Å²) in [7, 11) is 0. The van der Waals surface area contributed by atoms with E-state index in [4.69, 9.17) is 0 Å². The van der Waals surface area contributed by atoms with Crippen LogP contribution in [0, 0.1) is 5.92 Å². The van der Waals surface area contributed by atoms with Crippen LogP contribution in [0.3, 0.4) is 0 Å². The molecule has 1 unspecified atom stereocenters. The van der Waals surface area contributed by atoms with Crippen LogP contribution in [0.5, 0.6) is 0 Å². The molecule has 2 N–H and O–H groups in total. The molecule has 0 saturated carbocycles. The molecule has 2 aromatic rings. The number of nitrogens with one attached hydrogen (secondary N) is 2. The number of fused-ring (bicyclic) bond motifs is 3. The van der Waals surface area contributed by atoms with Crippen LogP contribution in [0.4, 0.5) is 5.69 Å². The zero-order valence-corrected chi connectivity index (χ0v) is 10.9. The van der Waals surface area contributed by atoms with Gasteiger partial charge >= 0.3 is 0 Å². The van der Waals surface area contributed by atoms with Crippen LogP contribution >= 0.6 is 11.3 Å². The number of rotatable bonds is 1. The van der Waals surface area contributed by atoms with Crippen LogP contribution in [0.15, 0.2) is 41.8 Å². The number of hydrogen-bond acceptors (Lipinski definition) is 3. The average Bonchev–Trinajstić information content (AvgIpc) is 3.09. The Hall–Kier alpha value is -1.32. The van der Waals surface area contributed by atoms with Gasteiger partial charge in [0.25, 0.3) is 0 Å². The number of benzene rings is 1. The lowest BCUT2D eigenvalue weighted by atomic mass is 9.83. The third kappa shape index (κ3) is 1.51. The molecule has 2 aliphatic heterocycles. The lowest BCUT2D eigenvalue weighted by molar-refractivity contribution is 0.394. The molecule has 0 bridgehead atoms. The van der Waals surface area contributed by atoms with Gasteiger partial charge in [-0.3, -0.25) is 0 Å². The molecule has 2 aliphatic rings. The highest BCUT2D eigenvalue weighted by atomic mass is 32.1. The second kappa shape index (κ2) is 4.11. The van der Waals surface area contributed by atoms with Crippen molar-refractivity contribution in [1.29, 1.82) is 0 Å². The number of thiophene rings is 1. The van der Waals surface area contributed by atoms with E-state index in [1.54, 1.807) is 0 Å². The van der Waals surface area contributed by atoms with E-state index in [2.05, 4.69) is 52.4 Å². The first-order chi connectivity index (χ1) is 8.93. The van der Waals surface area contributed by atoms with Gasteiger partial charge in [-0.25, -0.2) is 0 Å². The summed E-state index contributed by atoms with van der Waals surface area (Å²) in [6, 6.07) is 14.1. The van der Waals surface area contributed by atoms with Crippen molar-refractivity contribution in [2.45, 2.75) is 18.5 Å². The summed E-state index contributed by atoms with van der Waals surface area (Å²) in [4.78, 5) is 1.46. The first-order valence-corrected chi connectivity index (χ1v) is 7.44. The minimum absolute atomic E-state index is 0.472. The van der Waals surface area contributed by atoms with Crippen molar-refractivity contribution in [2.75, 3.05) is 11.9 Å². The van der Waals surface area contributed by atoms with Gasteiger partial charge in [0.05, 0.1) is 6.04 Å². The molecule has 92 valence electrons. The number of hydrogen-bond donors (Lipinski definition) is 2. The molecular formula is C15H16N2S. The highest BCUT2D eigenvalue weighted by Gasteiger charge is 2.40. The summed E-state index contributed by atoms with van der Waals surface area (Å²) in [5.74, 6) is 0.679. The fourth-order valence-electron chi connectivity index (χ4n) is 3.35. The molecule has 0 amide bonds. The Labute approximate surface area is 111 Å². The van der Waals surface area contributed by atoms with Gasteiger partial charge in [-0.1, -0.05) is 24.3 Å². The van der Waals surface area contributed by atoms with Crippen molar-refractivity contribution in [3.63, 3.8) is 0 Å². The quantitative estimate of drug-likeness (QED) is 0.815. The maximum absolute atomic E-state index is 3.74. The Balaban J connectivity index is 1.80. The van der Waals surface area contributed by atoms with Crippen molar-refractivity contribution in [3.05, 3.63) is 52.2 Å². The first-order valence-electron chi connectivity index (χ1n) is 6.56. The molecular weight excluding hydrogens is 240 g/mol. The molecule has 1 saturated heterocycles. The molecule has 1 aromatic heterocycles. The first kappa shape index (κ1) is 10.6. The van der Waals surface area contributed by atoms with Gasteiger partial charge in [0.1, 0.15) is 0 Å². The smallest absolute Gasteiger partial charge is 0.0653 e. The predicted molar refractivity (Wildman–Crippen MR) is 76.0 cm³/mol. The number of anilines is 1. The maximum Gasteiger partial charge on any atom is 0.0653 e. The Bertz CT molecular complexity index is 549. The summed E-state index contributed by atoms with van der Waals surface area (Å²) >= 11 is 1.86. The van der Waals surface area contributed by atoms with Gasteiger partial charge in [0, 0.05) is 22.5 Å². The summed E-state index contributed by atoms with van der Waals surface area (Å²) in [5, 5.41) is 9.59. The fraction of sp³-hybridized carbons (Fsp3) is 0.333. The Morgan fingerprint density at radius 1 is 1.06 bits per heavy atom. The van der Waals surface area contributed by atoms with E-state index >= 15 is 0 Å². The van der Waals surface area contributed by atoms with Crippen molar-refractivity contribution in [3.8, 4) is 0 Å². The van der Waals surface area contributed by atoms with Crippen LogP contribution < -0.4 is 10.6 Å². The van der Waals surface area contributed by atoms with Gasteiger partial charge in [-0.15, -0.1) is 11.3 Å². The molecule has 18 heavy (non-hydrogen) atoms. The van der Waals surface area contributed by atoms with Crippen molar-refractivity contribution in [2.24, 2.45) is 5.92 Å². The molecule has 3 atom stereocenters. The van der Waals surface area contributed by atoms with Crippen LogP contribution in [0.1, 0.15) is 28.9 Å². The van der Waals surface area contributed by atoms with Gasteiger partial charge < -0.3 is 10.6 Å². The SMILES string of the molecule is c1csc(C2Nc3ccccc3[C@H]3NCC[C@@H]23)c1. The highest BCUT2D eigenvalue weighted by Crippen LogP contribution is 2.47. The van der Waals surface area contributed by atoms with Crippen molar-refractivity contribution < 1.29 is 0 Å². The molecule has 3 heteroatoms. The molecule has 1 fully saturated rings. The van der Waals surface area contributed by atoms with Gasteiger partial charge in [-0.2, -0.15) is 0 Å². The predicted octanol–water partition coefficient (Wildman–Crippen LogP) is 3.57. The zero-order valence-electron chi connectivity index (χ0n) is 10.1. The number of para-hydroxylation sites is 1. The van der Waals surface area contributed by atoms with E-state index in [1.165, 1.54) is 22.5 Å². The molecule has 2 nitrogen and oxygen atoms in total. The molecule has 4 rings (SSSR count). The third-order valence-corrected chi connectivity index (χ3v) is 5.11. The van der Waals surface area contributed by atoms with E-state index in [0.717, 1.165) is 6.54 Å². The molecule has 0 radical (unpaired) electrons. The van der Waals surface area contributed by atoms with E-state index in [0.29, 0.717) is 18.0 Å². The zero-order chi connectivity index (χ0) is 11.9. The maximum atomic E-state index is 3.74. The monoisotopic (exact) mass is 256 g/mol. The van der Waals surface area contributed by atoms with E-state index in [-0.39, 0.29) is 0 Å². The summed E-state index contributed by atoms with van der Waals surface area (Å²) < 4.78 is 0. The summed E-state index contributed by atoms with van der Waals surface area (Å²) in [5.41, 5.74) is 2.74. The van der Waals surface area contributed by atoms with Crippen LogP contribution in [-0.4, -0.2) is 6.54 Å². The van der Waals surface area contributed by atoms with Gasteiger partial charge in [0.15, 0.2) is 0 Å². The van der Waals surface area contributed by atoms with E-state index < -0.39 is 0 Å². The Morgan fingerprint density at radius 2 is 2.00 bits per heavy atom. The van der Waals surface area contributed by atoms with E-state index in [1.807, 2.05) is 11.3 Å². The normalized spacial score (nSPS) is 29.4. The Kier molecular flexibility index (Phi) is 2.42. The summed E-state index contributed by atoms with van der Waals surface area (Å²) in [6.07, 6.45) is 1.26. The molecule has 3 heterocycles. The highest BCUT2D eigenvalue weighted by molar-refractivity contribution is 7.10. The standard InChI is InChI=1S/C15H16N2S/c1-2-5-12-10(4-1)14-11(7-8-16-14)15(17-12)13-6-3-9-18-13/h1-6,9,11,14-17H,7-8H2/t11-,14-,15?/m1/s1. The van der Waals surface area contributed by atoms with E-state index in [9.17, 15) is 0 Å². The largest absolute Gasteiger partial charge is 0.377 e. The van der Waals surface area contributed by atoms with Crippen LogP contribution in [0.25, 0.3) is 0 Å². The summed E-state index contributed by atoms with van der Waals surface area (Å²) in [6.45, 7) is 1.13. The lowest BCUT2D eigenvalue weighted by Crippen LogP contribution is -2.31. The topological polar surface area (TPSA) is 24.1 Å². The fourth-order valence-corrected chi connectivity index (χ4v) is 4.20. The second-order valence-electron chi connectivity index (χ2n) is 5.11. The van der Waals surface area contributed by atoms with Gasteiger partial charge in [-0.05, 0) is 36.0 Å². The van der Waals surface area contributed by atoms with Crippen LogP contribution in [0.2, 0.25) is 0 Å². The Morgan fingerprint density at radius 3 is 2.89 bits per heavy atom. The second-order valence-corrected chi connectivity index (χ2v) is 6.09. The van der Waals surface area contributed by atoms with Crippen molar-refractivity contribution in [1.82, 2.24) is 5.32 Å². The third-order valence-electron chi connectivity index (χ3n) is 4.15. The molecule has 1 aromatic carbocycles. The van der Waals surface area contributed by atoms with Crippen LogP contribution in [-0.2, 0) is 0 Å². The lowest BCUT2D eigenvalue weighted by Gasteiger charge is -2.36. The van der Waals surface area contributed by atoms with Crippen molar-refractivity contribution >= 4 is 17.0 Å².